The molecule has 0 aliphatic carbocycles. The fourth-order valence-electron chi connectivity index (χ4n) is 3.23. The molecule has 0 unspecified atom stereocenters. The molecule has 0 aliphatic rings. The van der Waals surface area contributed by atoms with Gasteiger partial charge in [0.25, 0.3) is 5.56 Å². The van der Waals surface area contributed by atoms with Gasteiger partial charge in [0.15, 0.2) is 5.82 Å². The summed E-state index contributed by atoms with van der Waals surface area (Å²) in [6.07, 6.45) is 1.70. The van der Waals surface area contributed by atoms with Crippen molar-refractivity contribution < 1.29 is 0 Å². The van der Waals surface area contributed by atoms with Gasteiger partial charge in [-0.2, -0.15) is 0 Å². The Bertz CT molecular complexity index is 1170. The maximum Gasteiger partial charge on any atom is 0.260 e. The topological polar surface area (TPSA) is 58.6 Å². The smallest absolute Gasteiger partial charge is 0.260 e. The molecular weight excluding hydrogens is 354 g/mol. The molecule has 3 aromatic heterocycles. The zero-order valence-corrected chi connectivity index (χ0v) is 16.6. The van der Waals surface area contributed by atoms with E-state index in [9.17, 15) is 4.79 Å². The lowest BCUT2D eigenvalue weighted by Gasteiger charge is -2.19. The number of hydrogen-bond donors (Lipinski definition) is 1. The van der Waals surface area contributed by atoms with E-state index >= 15 is 0 Å². The lowest BCUT2D eigenvalue weighted by Crippen LogP contribution is -2.11. The van der Waals surface area contributed by atoms with E-state index in [-0.39, 0.29) is 11.0 Å². The second-order valence-electron chi connectivity index (χ2n) is 7.67. The molecule has 0 radical (unpaired) electrons. The minimum Gasteiger partial charge on any atom is -0.305 e. The number of aryl methyl sites for hydroxylation is 1. The van der Waals surface area contributed by atoms with Crippen molar-refractivity contribution in [2.24, 2.45) is 0 Å². The van der Waals surface area contributed by atoms with E-state index in [0.29, 0.717) is 16.9 Å². The van der Waals surface area contributed by atoms with Crippen molar-refractivity contribution >= 4 is 21.6 Å². The fraction of sp³-hybridized carbons (Fsp3) is 0.227. The summed E-state index contributed by atoms with van der Waals surface area (Å²) in [5, 5.41) is 0.653. The number of thiophene rings is 1. The van der Waals surface area contributed by atoms with Crippen LogP contribution >= 0.6 is 11.3 Å². The summed E-state index contributed by atoms with van der Waals surface area (Å²) in [6, 6.07) is 14.0. The highest BCUT2D eigenvalue weighted by Gasteiger charge is 2.19. The summed E-state index contributed by atoms with van der Waals surface area (Å²) >= 11 is 1.55. The minimum atomic E-state index is -0.125. The molecule has 1 N–H and O–H groups in total. The molecule has 0 spiro atoms. The van der Waals surface area contributed by atoms with Gasteiger partial charge < -0.3 is 4.98 Å². The minimum absolute atomic E-state index is 0.0981. The van der Waals surface area contributed by atoms with Gasteiger partial charge in [0.2, 0.25) is 0 Å². The Morgan fingerprint density at radius 3 is 2.41 bits per heavy atom. The van der Waals surface area contributed by atoms with Crippen LogP contribution in [0.5, 0.6) is 0 Å². The lowest BCUT2D eigenvalue weighted by atomic mass is 9.86. The summed E-state index contributed by atoms with van der Waals surface area (Å²) in [5.74, 6) is 0.504. The Kier molecular flexibility index (Phi) is 4.19. The van der Waals surface area contributed by atoms with Gasteiger partial charge in [0.1, 0.15) is 10.5 Å². The van der Waals surface area contributed by atoms with Crippen molar-refractivity contribution in [3.63, 3.8) is 0 Å². The van der Waals surface area contributed by atoms with Crippen LogP contribution in [0.25, 0.3) is 32.9 Å². The molecular formula is C22H21N3OS. The number of hydrogen-bond acceptors (Lipinski definition) is 4. The molecule has 136 valence electrons. The first-order valence-electron chi connectivity index (χ1n) is 8.90. The average Bonchev–Trinajstić information content (AvgIpc) is 2.98. The summed E-state index contributed by atoms with van der Waals surface area (Å²) in [6.45, 7) is 8.63. The number of benzene rings is 1. The van der Waals surface area contributed by atoms with Gasteiger partial charge in [-0.1, -0.05) is 51.1 Å². The summed E-state index contributed by atoms with van der Waals surface area (Å²) < 4.78 is 0. The van der Waals surface area contributed by atoms with E-state index in [0.717, 1.165) is 20.8 Å². The molecule has 5 heteroatoms. The quantitative estimate of drug-likeness (QED) is 0.516. The summed E-state index contributed by atoms with van der Waals surface area (Å²) in [4.78, 5) is 26.6. The van der Waals surface area contributed by atoms with Crippen molar-refractivity contribution in [2.75, 3.05) is 0 Å². The van der Waals surface area contributed by atoms with Crippen LogP contribution in [0.3, 0.4) is 0 Å². The predicted octanol–water partition coefficient (Wildman–Crippen LogP) is 5.32. The fourth-order valence-corrected chi connectivity index (χ4v) is 4.27. The SMILES string of the molecule is Cc1sc2nc(-c3ccccn3)[nH]c(=O)c2c1-c1ccc(C(C)(C)C)cc1. The van der Waals surface area contributed by atoms with E-state index in [2.05, 4.69) is 60.0 Å². The molecule has 4 rings (SSSR count). The lowest BCUT2D eigenvalue weighted by molar-refractivity contribution is 0.590. The molecule has 1 aromatic carbocycles. The number of nitrogens with one attached hydrogen (secondary N) is 1. The Morgan fingerprint density at radius 2 is 1.78 bits per heavy atom. The van der Waals surface area contributed by atoms with E-state index in [1.54, 1.807) is 17.5 Å². The first kappa shape index (κ1) is 17.6. The third-order valence-corrected chi connectivity index (χ3v) is 5.68. The van der Waals surface area contributed by atoms with Crippen molar-refractivity contribution in [2.45, 2.75) is 33.1 Å². The number of aromatic amines is 1. The molecule has 0 aliphatic heterocycles. The van der Waals surface area contributed by atoms with Crippen molar-refractivity contribution in [1.29, 1.82) is 0 Å². The molecule has 4 nitrogen and oxygen atoms in total. The second-order valence-corrected chi connectivity index (χ2v) is 8.87. The van der Waals surface area contributed by atoms with Crippen molar-refractivity contribution in [1.82, 2.24) is 15.0 Å². The molecule has 27 heavy (non-hydrogen) atoms. The van der Waals surface area contributed by atoms with Gasteiger partial charge in [-0.15, -0.1) is 11.3 Å². The molecule has 0 bridgehead atoms. The first-order chi connectivity index (χ1) is 12.8. The van der Waals surface area contributed by atoms with Gasteiger partial charge in [-0.3, -0.25) is 9.78 Å². The Hall–Kier alpha value is -2.79. The molecule has 0 fully saturated rings. The highest BCUT2D eigenvalue weighted by atomic mass is 32.1. The van der Waals surface area contributed by atoms with E-state index in [1.165, 1.54) is 5.56 Å². The van der Waals surface area contributed by atoms with Gasteiger partial charge >= 0.3 is 0 Å². The highest BCUT2D eigenvalue weighted by molar-refractivity contribution is 7.19. The predicted molar refractivity (Wildman–Crippen MR) is 112 cm³/mol. The molecule has 3 heterocycles. The first-order valence-corrected chi connectivity index (χ1v) is 9.72. The van der Waals surface area contributed by atoms with Gasteiger partial charge in [0, 0.05) is 16.6 Å². The Morgan fingerprint density at radius 1 is 1.04 bits per heavy atom. The van der Waals surface area contributed by atoms with Crippen LogP contribution in [-0.4, -0.2) is 15.0 Å². The van der Waals surface area contributed by atoms with E-state index < -0.39 is 0 Å². The number of aromatic nitrogens is 3. The highest BCUT2D eigenvalue weighted by Crippen LogP contribution is 2.36. The van der Waals surface area contributed by atoms with E-state index in [4.69, 9.17) is 0 Å². The Balaban J connectivity index is 1.88. The average molecular weight is 375 g/mol. The zero-order chi connectivity index (χ0) is 19.2. The summed E-state index contributed by atoms with van der Waals surface area (Å²) in [5.41, 5.74) is 3.92. The van der Waals surface area contributed by atoms with Gasteiger partial charge in [0.05, 0.1) is 5.39 Å². The molecule has 0 saturated heterocycles. The monoisotopic (exact) mass is 375 g/mol. The zero-order valence-electron chi connectivity index (χ0n) is 15.8. The largest absolute Gasteiger partial charge is 0.305 e. The third-order valence-electron chi connectivity index (χ3n) is 4.69. The second kappa shape index (κ2) is 6.43. The van der Waals surface area contributed by atoms with E-state index in [1.807, 2.05) is 25.1 Å². The molecule has 0 atom stereocenters. The third kappa shape index (κ3) is 3.19. The van der Waals surface area contributed by atoms with Crippen LogP contribution < -0.4 is 5.56 Å². The maximum atomic E-state index is 12.9. The molecule has 0 amide bonds. The van der Waals surface area contributed by atoms with Gasteiger partial charge in [-0.05, 0) is 35.6 Å². The Labute approximate surface area is 162 Å². The normalized spacial score (nSPS) is 11.9. The molecule has 0 saturated carbocycles. The van der Waals surface area contributed by atoms with Gasteiger partial charge in [-0.25, -0.2) is 4.98 Å². The number of rotatable bonds is 2. The van der Waals surface area contributed by atoms with Crippen LogP contribution in [0, 0.1) is 6.92 Å². The number of fused-ring (bicyclic) bond motifs is 1. The maximum absolute atomic E-state index is 12.9. The number of pyridine rings is 1. The van der Waals surface area contributed by atoms with Crippen molar-refractivity contribution in [3.8, 4) is 22.6 Å². The van der Waals surface area contributed by atoms with Crippen molar-refractivity contribution in [3.05, 3.63) is 69.5 Å². The molecule has 4 aromatic rings. The van der Waals surface area contributed by atoms with Crippen LogP contribution in [0.2, 0.25) is 0 Å². The van der Waals surface area contributed by atoms with Crippen LogP contribution in [0.1, 0.15) is 31.2 Å². The van der Waals surface area contributed by atoms with Crippen LogP contribution in [0.4, 0.5) is 0 Å². The summed E-state index contributed by atoms with van der Waals surface area (Å²) in [7, 11) is 0. The standard InChI is InChI=1S/C22H21N3OS/c1-13-17(14-8-10-15(11-9-14)22(2,3)4)18-20(26)24-19(25-21(18)27-13)16-7-5-6-12-23-16/h5-12H,1-4H3,(H,24,25,26). The van der Waals surface area contributed by atoms with Crippen LogP contribution in [0.15, 0.2) is 53.5 Å². The number of H-pyrrole nitrogens is 1. The van der Waals surface area contributed by atoms with Crippen LogP contribution in [-0.2, 0) is 5.41 Å². The number of nitrogens with zero attached hydrogens (tertiary/aromatic N) is 2.